The first-order valence-corrected chi connectivity index (χ1v) is 9.80. The summed E-state index contributed by atoms with van der Waals surface area (Å²) in [5, 5.41) is 9.61. The third-order valence-electron chi connectivity index (χ3n) is 6.13. The van der Waals surface area contributed by atoms with Crippen LogP contribution < -0.4 is 15.4 Å². The summed E-state index contributed by atoms with van der Waals surface area (Å²) in [6.07, 6.45) is 0.769. The highest BCUT2D eigenvalue weighted by molar-refractivity contribution is 5.57. The molecule has 5 rings (SSSR count). The van der Waals surface area contributed by atoms with Crippen LogP contribution in [0.1, 0.15) is 22.5 Å². The number of fused-ring (bicyclic) bond motifs is 2. The maximum atomic E-state index is 13.6. The topological polar surface area (TPSA) is 98.1 Å². The Labute approximate surface area is 166 Å². The van der Waals surface area contributed by atoms with Gasteiger partial charge in [-0.1, -0.05) is 0 Å². The number of aryl methyl sites for hydroxylation is 1. The van der Waals surface area contributed by atoms with Gasteiger partial charge in [0.1, 0.15) is 11.9 Å². The predicted octanol–water partition coefficient (Wildman–Crippen LogP) is 1.13. The Kier molecular flexibility index (Phi) is 4.24. The van der Waals surface area contributed by atoms with Gasteiger partial charge in [0.15, 0.2) is 0 Å². The number of halogens is 1. The highest BCUT2D eigenvalue weighted by atomic mass is 19.1. The van der Waals surface area contributed by atoms with E-state index in [-0.39, 0.29) is 5.69 Å². The van der Waals surface area contributed by atoms with Gasteiger partial charge >= 0.3 is 0 Å². The van der Waals surface area contributed by atoms with Crippen LogP contribution in [-0.4, -0.2) is 47.7 Å². The first kappa shape index (κ1) is 18.1. The van der Waals surface area contributed by atoms with E-state index in [1.165, 1.54) is 6.92 Å². The molecule has 0 aliphatic carbocycles. The fourth-order valence-corrected chi connectivity index (χ4v) is 4.64. The van der Waals surface area contributed by atoms with Crippen LogP contribution >= 0.6 is 0 Å². The average Bonchev–Trinajstić information content (AvgIpc) is 3.30. The number of aromatic amines is 1. The van der Waals surface area contributed by atoms with Gasteiger partial charge in [-0.25, -0.2) is 9.97 Å². The monoisotopic (exact) mass is 396 g/mol. The molecule has 2 aromatic heterocycles. The molecule has 2 atom stereocenters. The van der Waals surface area contributed by atoms with Gasteiger partial charge in [-0.2, -0.15) is 9.65 Å². The van der Waals surface area contributed by atoms with Crippen LogP contribution in [0, 0.1) is 35.9 Å². The minimum atomic E-state index is -0.827. The molecule has 0 aromatic carbocycles. The molecule has 2 saturated heterocycles. The number of hydrogen-bond donors (Lipinski definition) is 1. The SMILES string of the molecule is Cc1nc(N2CC3CN(c4nc5c(cc4C#N)COCC5)CC3C2)[nH]c(=O)c1F. The number of rotatable bonds is 2. The van der Waals surface area contributed by atoms with E-state index in [0.29, 0.717) is 36.6 Å². The van der Waals surface area contributed by atoms with Gasteiger partial charge in [0.05, 0.1) is 30.2 Å². The lowest BCUT2D eigenvalue weighted by Gasteiger charge is -2.25. The zero-order valence-corrected chi connectivity index (χ0v) is 16.1. The van der Waals surface area contributed by atoms with Gasteiger partial charge < -0.3 is 14.5 Å². The van der Waals surface area contributed by atoms with Crippen molar-refractivity contribution in [2.75, 3.05) is 42.6 Å². The van der Waals surface area contributed by atoms with Gasteiger partial charge in [-0.05, 0) is 13.0 Å². The van der Waals surface area contributed by atoms with Gasteiger partial charge in [0.2, 0.25) is 11.8 Å². The Morgan fingerprint density at radius 3 is 2.66 bits per heavy atom. The van der Waals surface area contributed by atoms with Crippen LogP contribution in [0.5, 0.6) is 0 Å². The fourth-order valence-electron chi connectivity index (χ4n) is 4.64. The van der Waals surface area contributed by atoms with E-state index in [0.717, 1.165) is 49.7 Å². The summed E-state index contributed by atoms with van der Waals surface area (Å²) in [4.78, 5) is 27.5. The molecule has 9 heteroatoms. The molecule has 2 fully saturated rings. The van der Waals surface area contributed by atoms with Crippen molar-refractivity contribution in [1.29, 1.82) is 5.26 Å². The summed E-state index contributed by atoms with van der Waals surface area (Å²) in [6.45, 7) is 5.73. The molecular formula is C20H21FN6O2. The molecule has 0 spiro atoms. The molecule has 5 heterocycles. The highest BCUT2D eigenvalue weighted by Gasteiger charge is 2.42. The molecule has 8 nitrogen and oxygen atoms in total. The first-order chi connectivity index (χ1) is 14.0. The molecule has 150 valence electrons. The van der Waals surface area contributed by atoms with Crippen molar-refractivity contribution < 1.29 is 9.13 Å². The van der Waals surface area contributed by atoms with E-state index in [1.54, 1.807) is 0 Å². The lowest BCUT2D eigenvalue weighted by molar-refractivity contribution is 0.109. The Morgan fingerprint density at radius 1 is 1.24 bits per heavy atom. The Balaban J connectivity index is 1.36. The maximum Gasteiger partial charge on any atom is 0.288 e. The van der Waals surface area contributed by atoms with Gasteiger partial charge in [0.25, 0.3) is 5.56 Å². The van der Waals surface area contributed by atoms with Crippen molar-refractivity contribution in [2.24, 2.45) is 11.8 Å². The van der Waals surface area contributed by atoms with Gasteiger partial charge in [-0.15, -0.1) is 0 Å². The van der Waals surface area contributed by atoms with E-state index in [2.05, 4.69) is 20.9 Å². The zero-order valence-electron chi connectivity index (χ0n) is 16.1. The standard InChI is InChI=1S/C20H21FN6O2/c1-11-17(21)19(28)25-20(23-11)27-8-14-6-26(7-15(14)9-27)18-12(5-22)4-13-10-29-3-2-16(13)24-18/h4,14-15H,2-3,6-10H2,1H3,(H,23,25,28). The van der Waals surface area contributed by atoms with E-state index < -0.39 is 11.4 Å². The summed E-state index contributed by atoms with van der Waals surface area (Å²) >= 11 is 0. The molecule has 29 heavy (non-hydrogen) atoms. The molecule has 0 radical (unpaired) electrons. The second-order valence-corrected chi connectivity index (χ2v) is 8.00. The highest BCUT2D eigenvalue weighted by Crippen LogP contribution is 2.36. The smallest absolute Gasteiger partial charge is 0.288 e. The van der Waals surface area contributed by atoms with Crippen molar-refractivity contribution in [1.82, 2.24) is 15.0 Å². The molecule has 2 unspecified atom stereocenters. The number of pyridine rings is 1. The minimum Gasteiger partial charge on any atom is -0.376 e. The number of ether oxygens (including phenoxy) is 1. The summed E-state index contributed by atoms with van der Waals surface area (Å²) in [5.74, 6) is 1.11. The maximum absolute atomic E-state index is 13.6. The Morgan fingerprint density at radius 2 is 1.97 bits per heavy atom. The second kappa shape index (κ2) is 6.81. The molecule has 1 N–H and O–H groups in total. The Hall–Kier alpha value is -2.99. The zero-order chi connectivity index (χ0) is 20.1. The molecule has 0 saturated carbocycles. The molecular weight excluding hydrogens is 375 g/mol. The number of hydrogen-bond acceptors (Lipinski definition) is 7. The van der Waals surface area contributed by atoms with Gasteiger partial charge in [-0.3, -0.25) is 9.78 Å². The van der Waals surface area contributed by atoms with Gasteiger partial charge in [0, 0.05) is 50.0 Å². The molecule has 2 aromatic rings. The quantitative estimate of drug-likeness (QED) is 0.813. The van der Waals surface area contributed by atoms with Crippen molar-refractivity contribution in [3.8, 4) is 6.07 Å². The third-order valence-corrected chi connectivity index (χ3v) is 6.13. The van der Waals surface area contributed by atoms with Crippen LogP contribution in [0.25, 0.3) is 0 Å². The molecule has 0 amide bonds. The summed E-state index contributed by atoms with van der Waals surface area (Å²) < 4.78 is 19.1. The molecule has 0 bridgehead atoms. The lowest BCUT2D eigenvalue weighted by atomic mass is 10.0. The molecule has 3 aliphatic rings. The van der Waals surface area contributed by atoms with Crippen molar-refractivity contribution in [2.45, 2.75) is 20.0 Å². The van der Waals surface area contributed by atoms with Crippen molar-refractivity contribution >= 4 is 11.8 Å². The molecule has 3 aliphatic heterocycles. The fraction of sp³-hybridized carbons (Fsp3) is 0.500. The van der Waals surface area contributed by atoms with E-state index in [4.69, 9.17) is 9.72 Å². The summed E-state index contributed by atoms with van der Waals surface area (Å²) in [5.41, 5.74) is 2.00. The van der Waals surface area contributed by atoms with E-state index in [1.807, 2.05) is 11.0 Å². The first-order valence-electron chi connectivity index (χ1n) is 9.80. The van der Waals surface area contributed by atoms with Crippen LogP contribution in [0.3, 0.4) is 0 Å². The number of nitriles is 1. The largest absolute Gasteiger partial charge is 0.376 e. The third kappa shape index (κ3) is 3.04. The number of H-pyrrole nitrogens is 1. The lowest BCUT2D eigenvalue weighted by Crippen LogP contribution is -2.32. The number of nitrogens with one attached hydrogen (secondary N) is 1. The van der Waals surface area contributed by atoms with Crippen molar-refractivity contribution in [3.63, 3.8) is 0 Å². The normalized spacial score (nSPS) is 23.1. The minimum absolute atomic E-state index is 0.114. The average molecular weight is 396 g/mol. The number of anilines is 2. The van der Waals surface area contributed by atoms with Crippen LogP contribution in [-0.2, 0) is 17.8 Å². The van der Waals surface area contributed by atoms with Crippen LogP contribution in [0.4, 0.5) is 16.2 Å². The predicted molar refractivity (Wildman–Crippen MR) is 103 cm³/mol. The van der Waals surface area contributed by atoms with Crippen LogP contribution in [0.2, 0.25) is 0 Å². The van der Waals surface area contributed by atoms with E-state index >= 15 is 0 Å². The summed E-state index contributed by atoms with van der Waals surface area (Å²) in [7, 11) is 0. The summed E-state index contributed by atoms with van der Waals surface area (Å²) in [6, 6.07) is 4.20. The van der Waals surface area contributed by atoms with E-state index in [9.17, 15) is 14.4 Å². The second-order valence-electron chi connectivity index (χ2n) is 8.00. The Bertz CT molecular complexity index is 1060. The van der Waals surface area contributed by atoms with Crippen molar-refractivity contribution in [3.05, 3.63) is 44.8 Å². The van der Waals surface area contributed by atoms with Crippen LogP contribution in [0.15, 0.2) is 10.9 Å². The number of aromatic nitrogens is 3. The number of nitrogens with zero attached hydrogens (tertiary/aromatic N) is 5.